The smallest absolute Gasteiger partial charge is 0.269 e. The van der Waals surface area contributed by atoms with Crippen LogP contribution < -0.4 is 10.9 Å². The van der Waals surface area contributed by atoms with Crippen molar-refractivity contribution >= 4 is 11.8 Å². The van der Waals surface area contributed by atoms with E-state index in [1.54, 1.807) is 24.3 Å². The van der Waals surface area contributed by atoms with Crippen molar-refractivity contribution < 1.29 is 9.59 Å². The molecule has 0 saturated heterocycles. The van der Waals surface area contributed by atoms with Crippen LogP contribution in [0.1, 0.15) is 21.5 Å². The molecule has 102 valence electrons. The third-order valence-electron chi connectivity index (χ3n) is 2.84. The van der Waals surface area contributed by atoms with Gasteiger partial charge in [-0.3, -0.25) is 20.4 Å². The van der Waals surface area contributed by atoms with Gasteiger partial charge in [-0.15, -0.1) is 0 Å². The van der Waals surface area contributed by atoms with E-state index in [0.29, 0.717) is 5.56 Å². The lowest BCUT2D eigenvalue weighted by Crippen LogP contribution is -2.42. The Morgan fingerprint density at radius 1 is 0.900 bits per heavy atom. The Morgan fingerprint density at radius 3 is 2.20 bits per heavy atom. The van der Waals surface area contributed by atoms with Crippen molar-refractivity contribution in [2.75, 3.05) is 0 Å². The third kappa shape index (κ3) is 3.95. The van der Waals surface area contributed by atoms with Crippen LogP contribution in [-0.4, -0.2) is 11.8 Å². The maximum Gasteiger partial charge on any atom is 0.269 e. The molecule has 0 aliphatic heterocycles. The standard InChI is InChI=1S/C16H16N2O2/c1-12-7-9-13(10-8-12)11-15(19)17-18-16(20)14-5-3-2-4-6-14/h2-10H,11H2,1H3,(H,17,19)(H,18,20). The molecule has 0 bridgehead atoms. The first-order chi connectivity index (χ1) is 9.65. The topological polar surface area (TPSA) is 58.2 Å². The second-order valence-corrected chi connectivity index (χ2v) is 4.53. The zero-order chi connectivity index (χ0) is 14.4. The van der Waals surface area contributed by atoms with Crippen molar-refractivity contribution in [3.8, 4) is 0 Å². The molecule has 2 aromatic rings. The monoisotopic (exact) mass is 268 g/mol. The number of benzene rings is 2. The molecule has 0 heterocycles. The molecule has 0 fully saturated rings. The molecule has 2 rings (SSSR count). The first-order valence-corrected chi connectivity index (χ1v) is 6.35. The molecular formula is C16H16N2O2. The van der Waals surface area contributed by atoms with E-state index in [1.165, 1.54) is 0 Å². The van der Waals surface area contributed by atoms with Crippen molar-refractivity contribution in [2.45, 2.75) is 13.3 Å². The van der Waals surface area contributed by atoms with Crippen LogP contribution in [0, 0.1) is 6.92 Å². The van der Waals surface area contributed by atoms with E-state index in [1.807, 2.05) is 37.3 Å². The van der Waals surface area contributed by atoms with Crippen molar-refractivity contribution in [3.05, 3.63) is 71.3 Å². The Labute approximate surface area is 117 Å². The molecule has 0 atom stereocenters. The van der Waals surface area contributed by atoms with Crippen LogP contribution in [0.25, 0.3) is 0 Å². The normalized spacial score (nSPS) is 9.85. The van der Waals surface area contributed by atoms with Crippen LogP contribution in [0.3, 0.4) is 0 Å². The molecule has 0 aliphatic rings. The minimum Gasteiger partial charge on any atom is -0.273 e. The van der Waals surface area contributed by atoms with Crippen molar-refractivity contribution in [2.24, 2.45) is 0 Å². The summed E-state index contributed by atoms with van der Waals surface area (Å²) in [5.74, 6) is -0.582. The van der Waals surface area contributed by atoms with E-state index in [2.05, 4.69) is 10.9 Å². The van der Waals surface area contributed by atoms with E-state index in [4.69, 9.17) is 0 Å². The van der Waals surface area contributed by atoms with Gasteiger partial charge in [0.2, 0.25) is 5.91 Å². The lowest BCUT2D eigenvalue weighted by atomic mass is 10.1. The first kappa shape index (κ1) is 13.8. The molecule has 2 amide bonds. The number of aryl methyl sites for hydroxylation is 1. The van der Waals surface area contributed by atoms with Gasteiger partial charge in [0.05, 0.1) is 6.42 Å². The predicted octanol–water partition coefficient (Wildman–Crippen LogP) is 2.00. The second kappa shape index (κ2) is 6.52. The highest BCUT2D eigenvalue weighted by Gasteiger charge is 2.07. The quantitative estimate of drug-likeness (QED) is 0.836. The van der Waals surface area contributed by atoms with Crippen LogP contribution in [0.4, 0.5) is 0 Å². The van der Waals surface area contributed by atoms with Gasteiger partial charge < -0.3 is 0 Å². The summed E-state index contributed by atoms with van der Waals surface area (Å²) in [7, 11) is 0. The van der Waals surface area contributed by atoms with Crippen molar-refractivity contribution in [1.82, 2.24) is 10.9 Å². The van der Waals surface area contributed by atoms with Crippen molar-refractivity contribution in [3.63, 3.8) is 0 Å². The summed E-state index contributed by atoms with van der Waals surface area (Å²) >= 11 is 0. The molecule has 20 heavy (non-hydrogen) atoms. The number of hydrogen-bond donors (Lipinski definition) is 2. The molecule has 0 saturated carbocycles. The summed E-state index contributed by atoms with van der Waals surface area (Å²) in [4.78, 5) is 23.4. The summed E-state index contributed by atoms with van der Waals surface area (Å²) in [6.07, 6.45) is 0.231. The molecule has 2 aromatic carbocycles. The summed E-state index contributed by atoms with van der Waals surface area (Å²) < 4.78 is 0. The minimum absolute atomic E-state index is 0.231. The largest absolute Gasteiger partial charge is 0.273 e. The molecular weight excluding hydrogens is 252 g/mol. The summed E-state index contributed by atoms with van der Waals surface area (Å²) in [5, 5.41) is 0. The van der Waals surface area contributed by atoms with Gasteiger partial charge in [-0.05, 0) is 24.6 Å². The molecule has 0 radical (unpaired) electrons. The van der Waals surface area contributed by atoms with E-state index in [9.17, 15) is 9.59 Å². The molecule has 2 N–H and O–H groups in total. The number of nitrogens with one attached hydrogen (secondary N) is 2. The number of amides is 2. The number of carbonyl (C=O) groups excluding carboxylic acids is 2. The van der Waals surface area contributed by atoms with Crippen LogP contribution in [0.5, 0.6) is 0 Å². The fourth-order valence-corrected chi connectivity index (χ4v) is 1.72. The van der Waals surface area contributed by atoms with Gasteiger partial charge in [0, 0.05) is 5.56 Å². The number of carbonyl (C=O) groups is 2. The van der Waals surface area contributed by atoms with Gasteiger partial charge in [0.15, 0.2) is 0 Å². The van der Waals surface area contributed by atoms with Gasteiger partial charge in [0.25, 0.3) is 5.91 Å². The first-order valence-electron chi connectivity index (χ1n) is 6.35. The highest BCUT2D eigenvalue weighted by Crippen LogP contribution is 2.03. The fraction of sp³-hybridized carbons (Fsp3) is 0.125. The lowest BCUT2D eigenvalue weighted by molar-refractivity contribution is -0.121. The lowest BCUT2D eigenvalue weighted by Gasteiger charge is -2.07. The molecule has 0 aromatic heterocycles. The van der Waals surface area contributed by atoms with Gasteiger partial charge in [0.1, 0.15) is 0 Å². The molecule has 0 unspecified atom stereocenters. The Hall–Kier alpha value is -2.62. The molecule has 0 spiro atoms. The van der Waals surface area contributed by atoms with Crippen molar-refractivity contribution in [1.29, 1.82) is 0 Å². The van der Waals surface area contributed by atoms with E-state index >= 15 is 0 Å². The number of hydrogen-bond acceptors (Lipinski definition) is 2. The zero-order valence-electron chi connectivity index (χ0n) is 11.2. The Bertz CT molecular complexity index is 592. The summed E-state index contributed by atoms with van der Waals surface area (Å²) in [6.45, 7) is 1.99. The molecule has 4 heteroatoms. The fourth-order valence-electron chi connectivity index (χ4n) is 1.72. The maximum absolute atomic E-state index is 11.7. The Morgan fingerprint density at radius 2 is 1.55 bits per heavy atom. The second-order valence-electron chi connectivity index (χ2n) is 4.53. The average molecular weight is 268 g/mol. The molecule has 0 aliphatic carbocycles. The van der Waals surface area contributed by atoms with E-state index < -0.39 is 0 Å². The van der Waals surface area contributed by atoms with Crippen LogP contribution in [0.2, 0.25) is 0 Å². The van der Waals surface area contributed by atoms with E-state index in [0.717, 1.165) is 11.1 Å². The third-order valence-corrected chi connectivity index (χ3v) is 2.84. The summed E-state index contributed by atoms with van der Waals surface area (Å²) in [6, 6.07) is 16.4. The summed E-state index contributed by atoms with van der Waals surface area (Å²) in [5.41, 5.74) is 7.35. The van der Waals surface area contributed by atoms with Crippen LogP contribution in [-0.2, 0) is 11.2 Å². The maximum atomic E-state index is 11.7. The van der Waals surface area contributed by atoms with Gasteiger partial charge in [-0.25, -0.2) is 0 Å². The van der Waals surface area contributed by atoms with E-state index in [-0.39, 0.29) is 18.2 Å². The molecule has 4 nitrogen and oxygen atoms in total. The number of rotatable bonds is 3. The Balaban J connectivity index is 1.83. The van der Waals surface area contributed by atoms with Gasteiger partial charge in [-0.1, -0.05) is 48.0 Å². The van der Waals surface area contributed by atoms with Crippen LogP contribution in [0.15, 0.2) is 54.6 Å². The van der Waals surface area contributed by atoms with Crippen LogP contribution >= 0.6 is 0 Å². The highest BCUT2D eigenvalue weighted by molar-refractivity contribution is 5.95. The van der Waals surface area contributed by atoms with Gasteiger partial charge >= 0.3 is 0 Å². The minimum atomic E-state index is -0.331. The Kier molecular flexibility index (Phi) is 4.50. The number of hydrazine groups is 1. The SMILES string of the molecule is Cc1ccc(CC(=O)NNC(=O)c2ccccc2)cc1. The van der Waals surface area contributed by atoms with Gasteiger partial charge in [-0.2, -0.15) is 0 Å². The highest BCUT2D eigenvalue weighted by atomic mass is 16.2. The average Bonchev–Trinajstić information content (AvgIpc) is 2.48. The zero-order valence-corrected chi connectivity index (χ0v) is 11.2. The predicted molar refractivity (Wildman–Crippen MR) is 76.9 cm³/mol.